The molecular formula is C42H51N3O2. The van der Waals surface area contributed by atoms with E-state index in [1.807, 2.05) is 27.1 Å². The SMILES string of the molecule is CC(C)(C)OC(=O)NC(C=CCCC1(c2cn(C(c3ccccc3)(c3ccccc3)c3ccccc3)cn2)CC1)CC1CCCCC1. The van der Waals surface area contributed by atoms with E-state index in [2.05, 4.69) is 119 Å². The molecule has 5 nitrogen and oxygen atoms in total. The van der Waals surface area contributed by atoms with Crippen LogP contribution in [-0.2, 0) is 15.7 Å². The molecule has 1 heterocycles. The molecule has 1 aromatic heterocycles. The number of nitrogens with one attached hydrogen (secondary N) is 1. The average Bonchev–Trinajstić information content (AvgIpc) is 3.70. The number of carbonyl (C=O) groups is 1. The highest BCUT2D eigenvalue weighted by Crippen LogP contribution is 2.52. The van der Waals surface area contributed by atoms with Gasteiger partial charge in [0.05, 0.1) is 18.1 Å². The lowest BCUT2D eigenvalue weighted by molar-refractivity contribution is 0.0507. The van der Waals surface area contributed by atoms with Crippen LogP contribution in [0.1, 0.15) is 107 Å². The topological polar surface area (TPSA) is 56.1 Å². The van der Waals surface area contributed by atoms with Crippen molar-refractivity contribution in [3.63, 3.8) is 0 Å². The quantitative estimate of drug-likeness (QED) is 0.125. The summed E-state index contributed by atoms with van der Waals surface area (Å²) in [5, 5.41) is 3.17. The lowest BCUT2D eigenvalue weighted by Crippen LogP contribution is -2.39. The van der Waals surface area contributed by atoms with E-state index in [0.29, 0.717) is 5.92 Å². The second-order valence-corrected chi connectivity index (χ2v) is 14.7. The first kappa shape index (κ1) is 32.8. The number of rotatable bonds is 12. The molecule has 1 unspecified atom stereocenters. The van der Waals surface area contributed by atoms with Crippen molar-refractivity contribution in [3.05, 3.63) is 138 Å². The lowest BCUT2D eigenvalue weighted by Gasteiger charge is -2.37. The second kappa shape index (κ2) is 14.3. The summed E-state index contributed by atoms with van der Waals surface area (Å²) in [5.41, 5.74) is 3.81. The number of amides is 1. The summed E-state index contributed by atoms with van der Waals surface area (Å²) >= 11 is 0. The van der Waals surface area contributed by atoms with Crippen molar-refractivity contribution in [1.29, 1.82) is 0 Å². The third-order valence-corrected chi connectivity index (χ3v) is 10.1. The highest BCUT2D eigenvalue weighted by molar-refractivity contribution is 5.68. The average molecular weight is 630 g/mol. The Balaban J connectivity index is 1.23. The van der Waals surface area contributed by atoms with E-state index < -0.39 is 11.1 Å². The number of carbonyl (C=O) groups excluding carboxylic acids is 1. The number of allylic oxidation sites excluding steroid dienone is 1. The van der Waals surface area contributed by atoms with Gasteiger partial charge < -0.3 is 14.6 Å². The van der Waals surface area contributed by atoms with E-state index in [0.717, 1.165) is 32.1 Å². The Labute approximate surface area is 281 Å². The molecule has 0 spiro atoms. The Bertz CT molecular complexity index is 1500. The number of benzene rings is 3. The monoisotopic (exact) mass is 629 g/mol. The van der Waals surface area contributed by atoms with Crippen LogP contribution in [0.2, 0.25) is 0 Å². The van der Waals surface area contributed by atoms with Crippen molar-refractivity contribution < 1.29 is 9.53 Å². The Kier molecular flexibility index (Phi) is 10.0. The van der Waals surface area contributed by atoms with Gasteiger partial charge in [-0.15, -0.1) is 0 Å². The van der Waals surface area contributed by atoms with Crippen LogP contribution in [0.15, 0.2) is 116 Å². The third kappa shape index (κ3) is 7.72. The van der Waals surface area contributed by atoms with Crippen molar-refractivity contribution in [2.45, 2.75) is 108 Å². The molecule has 4 aromatic rings. The summed E-state index contributed by atoms with van der Waals surface area (Å²) in [4.78, 5) is 17.8. The van der Waals surface area contributed by atoms with E-state index in [9.17, 15) is 4.79 Å². The molecule has 2 aliphatic rings. The largest absolute Gasteiger partial charge is 0.444 e. The summed E-state index contributed by atoms with van der Waals surface area (Å²) in [6.45, 7) is 5.75. The zero-order valence-corrected chi connectivity index (χ0v) is 28.4. The van der Waals surface area contributed by atoms with Gasteiger partial charge in [-0.3, -0.25) is 0 Å². The molecule has 6 rings (SSSR count). The normalized spacial score (nSPS) is 17.3. The number of alkyl carbamates (subject to hydrolysis) is 1. The standard InChI is InChI=1S/C42H51N3O2/c1-40(2,3)47-39(46)44-37(30-33-18-8-4-9-19-33)26-16-17-27-41(28-29-41)38-31-45(32-43-38)42(34-20-10-5-11-21-34,35-22-12-6-13-23-35)36-24-14-7-15-25-36/h5-7,10-16,20-26,31-33,37H,4,8-9,17-19,27-30H2,1-3H3,(H,44,46). The van der Waals surface area contributed by atoms with Crippen molar-refractivity contribution in [2.75, 3.05) is 0 Å². The molecule has 1 atom stereocenters. The fourth-order valence-corrected chi connectivity index (χ4v) is 7.60. The maximum Gasteiger partial charge on any atom is 0.408 e. The van der Waals surface area contributed by atoms with Gasteiger partial charge in [-0.05, 0) is 75.5 Å². The van der Waals surface area contributed by atoms with Crippen LogP contribution in [0.4, 0.5) is 4.79 Å². The minimum absolute atomic E-state index is 0.00875. The third-order valence-electron chi connectivity index (χ3n) is 10.1. The molecule has 1 amide bonds. The molecule has 2 saturated carbocycles. The van der Waals surface area contributed by atoms with Gasteiger partial charge in [0, 0.05) is 11.6 Å². The van der Waals surface area contributed by atoms with E-state index in [-0.39, 0.29) is 17.6 Å². The molecular weight excluding hydrogens is 578 g/mol. The van der Waals surface area contributed by atoms with Gasteiger partial charge in [-0.2, -0.15) is 0 Å². The fraction of sp³-hybridized carbons (Fsp3) is 0.429. The molecule has 0 aliphatic heterocycles. The zero-order valence-electron chi connectivity index (χ0n) is 28.4. The molecule has 5 heteroatoms. The molecule has 246 valence electrons. The summed E-state index contributed by atoms with van der Waals surface area (Å²) in [5.74, 6) is 0.659. The van der Waals surface area contributed by atoms with Gasteiger partial charge in [0.25, 0.3) is 0 Å². The number of aromatic nitrogens is 2. The Hall–Kier alpha value is -4.12. The van der Waals surface area contributed by atoms with Crippen molar-refractivity contribution in [2.24, 2.45) is 5.92 Å². The van der Waals surface area contributed by atoms with Crippen molar-refractivity contribution in [1.82, 2.24) is 14.9 Å². The van der Waals surface area contributed by atoms with Crippen LogP contribution in [0.5, 0.6) is 0 Å². The highest BCUT2D eigenvalue weighted by atomic mass is 16.6. The minimum atomic E-state index is -0.551. The van der Waals surface area contributed by atoms with Crippen LogP contribution >= 0.6 is 0 Å². The van der Waals surface area contributed by atoms with Crippen LogP contribution in [0, 0.1) is 5.92 Å². The van der Waals surface area contributed by atoms with Gasteiger partial charge in [0.1, 0.15) is 11.1 Å². The summed E-state index contributed by atoms with van der Waals surface area (Å²) in [6, 6.07) is 32.4. The predicted octanol–water partition coefficient (Wildman–Crippen LogP) is 9.95. The minimum Gasteiger partial charge on any atom is -0.444 e. The van der Waals surface area contributed by atoms with Gasteiger partial charge >= 0.3 is 6.09 Å². The Morgan fingerprint density at radius 1 is 0.894 bits per heavy atom. The smallest absolute Gasteiger partial charge is 0.408 e. The number of ether oxygens (including phenoxy) is 1. The highest BCUT2D eigenvalue weighted by Gasteiger charge is 2.47. The fourth-order valence-electron chi connectivity index (χ4n) is 7.60. The lowest BCUT2D eigenvalue weighted by atomic mass is 9.76. The van der Waals surface area contributed by atoms with Gasteiger partial charge in [0.2, 0.25) is 0 Å². The first-order valence-corrected chi connectivity index (χ1v) is 17.7. The zero-order chi connectivity index (χ0) is 32.7. The number of hydrogen-bond acceptors (Lipinski definition) is 3. The van der Waals surface area contributed by atoms with E-state index in [1.54, 1.807) is 0 Å². The van der Waals surface area contributed by atoms with Gasteiger partial charge in [-0.25, -0.2) is 9.78 Å². The van der Waals surface area contributed by atoms with Gasteiger partial charge in [0.15, 0.2) is 0 Å². The molecule has 0 bridgehead atoms. The van der Waals surface area contributed by atoms with E-state index in [4.69, 9.17) is 9.72 Å². The molecule has 3 aromatic carbocycles. The van der Waals surface area contributed by atoms with Crippen LogP contribution in [-0.4, -0.2) is 27.3 Å². The summed E-state index contributed by atoms with van der Waals surface area (Å²) in [7, 11) is 0. The van der Waals surface area contributed by atoms with E-state index >= 15 is 0 Å². The number of imidazole rings is 1. The van der Waals surface area contributed by atoms with Crippen molar-refractivity contribution >= 4 is 6.09 Å². The van der Waals surface area contributed by atoms with Crippen molar-refractivity contribution in [3.8, 4) is 0 Å². The predicted molar refractivity (Wildman–Crippen MR) is 190 cm³/mol. The molecule has 0 radical (unpaired) electrons. The Morgan fingerprint density at radius 3 is 1.96 bits per heavy atom. The van der Waals surface area contributed by atoms with Crippen LogP contribution in [0.25, 0.3) is 0 Å². The first-order chi connectivity index (χ1) is 22.8. The second-order valence-electron chi connectivity index (χ2n) is 14.7. The van der Waals surface area contributed by atoms with Crippen LogP contribution < -0.4 is 5.32 Å². The molecule has 47 heavy (non-hydrogen) atoms. The molecule has 1 N–H and O–H groups in total. The van der Waals surface area contributed by atoms with Gasteiger partial charge in [-0.1, -0.05) is 135 Å². The molecule has 0 saturated heterocycles. The first-order valence-electron chi connectivity index (χ1n) is 17.7. The maximum absolute atomic E-state index is 12.7. The van der Waals surface area contributed by atoms with E-state index in [1.165, 1.54) is 54.5 Å². The van der Waals surface area contributed by atoms with Crippen LogP contribution in [0.3, 0.4) is 0 Å². The maximum atomic E-state index is 12.7. The number of nitrogens with zero attached hydrogens (tertiary/aromatic N) is 2. The molecule has 2 aliphatic carbocycles. The summed E-state index contributed by atoms with van der Waals surface area (Å²) in [6.07, 6.45) is 20.2. The molecule has 2 fully saturated rings. The number of hydrogen-bond donors (Lipinski definition) is 1. The Morgan fingerprint density at radius 2 is 1.45 bits per heavy atom. The summed E-state index contributed by atoms with van der Waals surface area (Å²) < 4.78 is 7.95.